The number of thiophene rings is 1. The summed E-state index contributed by atoms with van der Waals surface area (Å²) in [6.07, 6.45) is 6.66. The van der Waals surface area contributed by atoms with Crippen molar-refractivity contribution in [2.75, 3.05) is 6.54 Å². The van der Waals surface area contributed by atoms with Crippen LogP contribution in [-0.2, 0) is 19.5 Å². The van der Waals surface area contributed by atoms with E-state index in [1.165, 1.54) is 12.8 Å². The molecule has 4 aromatic heterocycles. The van der Waals surface area contributed by atoms with Crippen molar-refractivity contribution in [3.05, 3.63) is 87.5 Å². The highest BCUT2D eigenvalue weighted by Crippen LogP contribution is 2.34. The van der Waals surface area contributed by atoms with Gasteiger partial charge in [-0.05, 0) is 64.9 Å². The Labute approximate surface area is 205 Å². The van der Waals surface area contributed by atoms with Gasteiger partial charge in [-0.25, -0.2) is 0 Å². The van der Waals surface area contributed by atoms with Gasteiger partial charge in [0.1, 0.15) is 5.69 Å². The smallest absolute Gasteiger partial charge is 0.270 e. The minimum absolute atomic E-state index is 0.0109. The highest BCUT2D eigenvalue weighted by Gasteiger charge is 2.29. The molecule has 0 radical (unpaired) electrons. The fourth-order valence-corrected chi connectivity index (χ4v) is 6.11. The quantitative estimate of drug-likeness (QED) is 0.384. The first kappa shape index (κ1) is 20.6. The van der Waals surface area contributed by atoms with Gasteiger partial charge in [0.25, 0.3) is 11.5 Å². The predicted octanol–water partition coefficient (Wildman–Crippen LogP) is 5.21. The van der Waals surface area contributed by atoms with E-state index in [2.05, 4.69) is 9.97 Å². The number of H-pyrrole nitrogens is 1. The van der Waals surface area contributed by atoms with Gasteiger partial charge in [-0.1, -0.05) is 18.2 Å². The molecule has 1 saturated carbocycles. The van der Waals surface area contributed by atoms with Gasteiger partial charge in [-0.3, -0.25) is 14.6 Å². The van der Waals surface area contributed by atoms with Gasteiger partial charge in [0.15, 0.2) is 0 Å². The van der Waals surface area contributed by atoms with Crippen molar-refractivity contribution >= 4 is 38.2 Å². The minimum atomic E-state index is 0.0109. The summed E-state index contributed by atoms with van der Waals surface area (Å²) >= 11 is 1.63. The molecule has 0 atom stereocenters. The second-order valence-corrected chi connectivity index (χ2v) is 10.6. The number of fused-ring (bicyclic) bond motifs is 3. The molecular formula is C28H24N4O2S. The van der Waals surface area contributed by atoms with E-state index in [9.17, 15) is 9.59 Å². The van der Waals surface area contributed by atoms with Crippen molar-refractivity contribution in [2.24, 2.45) is 5.92 Å². The highest BCUT2D eigenvalue weighted by molar-refractivity contribution is 7.17. The second kappa shape index (κ2) is 7.92. The number of aromatic nitrogens is 3. The lowest BCUT2D eigenvalue weighted by Crippen LogP contribution is -2.39. The molecule has 5 aromatic rings. The van der Waals surface area contributed by atoms with Gasteiger partial charge < -0.3 is 14.5 Å². The third-order valence-electron chi connectivity index (χ3n) is 7.34. The summed E-state index contributed by atoms with van der Waals surface area (Å²) in [6, 6.07) is 14.0. The van der Waals surface area contributed by atoms with Crippen LogP contribution in [0.3, 0.4) is 0 Å². The van der Waals surface area contributed by atoms with E-state index >= 15 is 0 Å². The van der Waals surface area contributed by atoms with Gasteiger partial charge in [0, 0.05) is 55.1 Å². The van der Waals surface area contributed by atoms with Crippen LogP contribution in [0.25, 0.3) is 32.1 Å². The molecule has 1 aromatic carbocycles. The molecule has 0 saturated heterocycles. The highest BCUT2D eigenvalue weighted by atomic mass is 32.1. The lowest BCUT2D eigenvalue weighted by molar-refractivity contribution is 0.0727. The van der Waals surface area contributed by atoms with Crippen LogP contribution in [0.15, 0.2) is 65.0 Å². The second-order valence-electron chi connectivity index (χ2n) is 9.65. The number of benzene rings is 1. The van der Waals surface area contributed by atoms with Crippen molar-refractivity contribution in [3.8, 4) is 11.1 Å². The van der Waals surface area contributed by atoms with Crippen LogP contribution in [-0.4, -0.2) is 31.9 Å². The van der Waals surface area contributed by atoms with Crippen molar-refractivity contribution in [2.45, 2.75) is 32.4 Å². The number of aromatic amines is 1. The zero-order chi connectivity index (χ0) is 23.5. The van der Waals surface area contributed by atoms with E-state index in [4.69, 9.17) is 0 Å². The maximum atomic E-state index is 13.8. The summed E-state index contributed by atoms with van der Waals surface area (Å²) in [7, 11) is 0. The van der Waals surface area contributed by atoms with Crippen LogP contribution in [0.4, 0.5) is 0 Å². The Bertz CT molecular complexity index is 1640. The van der Waals surface area contributed by atoms with Crippen LogP contribution in [0, 0.1) is 5.92 Å². The number of hydrogen-bond donors (Lipinski definition) is 1. The minimum Gasteiger partial charge on any atom is -0.350 e. The van der Waals surface area contributed by atoms with Gasteiger partial charge in [0.2, 0.25) is 0 Å². The van der Waals surface area contributed by atoms with Gasteiger partial charge in [0.05, 0.1) is 10.2 Å². The Morgan fingerprint density at radius 1 is 1.14 bits per heavy atom. The standard InChI is InChI=1S/C28H24N4O2S/c33-27-22(21-3-1-2-18-14-29-9-6-20(18)21)12-19-16-31(10-7-25(19)32(27)15-17-4-5-17)28(34)24-13-26-23(30-24)8-11-35-26/h1-3,6,8-9,11-14,17,30H,4-5,7,10,15-16H2. The molecule has 1 N–H and O–H groups in total. The van der Waals surface area contributed by atoms with Crippen LogP contribution < -0.4 is 5.56 Å². The number of nitrogens with one attached hydrogen (secondary N) is 1. The molecule has 1 aliphatic carbocycles. The van der Waals surface area contributed by atoms with E-state index in [1.807, 2.05) is 63.5 Å². The maximum absolute atomic E-state index is 13.8. The fraction of sp³-hybridized carbons (Fsp3) is 0.250. The number of rotatable bonds is 4. The van der Waals surface area contributed by atoms with Crippen LogP contribution in [0.2, 0.25) is 0 Å². The average molecular weight is 481 g/mol. The van der Waals surface area contributed by atoms with Crippen LogP contribution in [0.5, 0.6) is 0 Å². The largest absolute Gasteiger partial charge is 0.350 e. The summed E-state index contributed by atoms with van der Waals surface area (Å²) in [6.45, 7) is 1.88. The van der Waals surface area contributed by atoms with Crippen LogP contribution >= 0.6 is 11.3 Å². The van der Waals surface area contributed by atoms with Crippen molar-refractivity contribution in [1.29, 1.82) is 0 Å². The Morgan fingerprint density at radius 2 is 2.06 bits per heavy atom. The number of carbonyl (C=O) groups excluding carboxylic acids is 1. The van der Waals surface area contributed by atoms with Crippen molar-refractivity contribution < 1.29 is 4.79 Å². The Balaban J connectivity index is 1.33. The topological polar surface area (TPSA) is 71.0 Å². The number of pyridine rings is 2. The molecule has 0 spiro atoms. The molecule has 2 aliphatic rings. The molecule has 1 fully saturated rings. The summed E-state index contributed by atoms with van der Waals surface area (Å²) in [4.78, 5) is 36.6. The fourth-order valence-electron chi connectivity index (χ4n) is 5.33. The number of amides is 1. The summed E-state index contributed by atoms with van der Waals surface area (Å²) in [5, 5.41) is 4.06. The Hall–Kier alpha value is -3.71. The lowest BCUT2D eigenvalue weighted by Gasteiger charge is -2.31. The summed E-state index contributed by atoms with van der Waals surface area (Å²) in [5.41, 5.74) is 5.49. The van der Waals surface area contributed by atoms with E-state index in [1.54, 1.807) is 17.5 Å². The van der Waals surface area contributed by atoms with Gasteiger partial charge in [-0.15, -0.1) is 11.3 Å². The number of carbonyl (C=O) groups is 1. The molecule has 1 amide bonds. The first-order valence-corrected chi connectivity index (χ1v) is 13.0. The molecule has 7 rings (SSSR count). The Morgan fingerprint density at radius 3 is 2.91 bits per heavy atom. The lowest BCUT2D eigenvalue weighted by atomic mass is 9.96. The maximum Gasteiger partial charge on any atom is 0.270 e. The molecule has 7 heteroatoms. The molecule has 0 bridgehead atoms. The molecule has 174 valence electrons. The molecule has 1 aliphatic heterocycles. The average Bonchev–Trinajstić information content (AvgIpc) is 3.45. The van der Waals surface area contributed by atoms with Gasteiger partial charge in [-0.2, -0.15) is 0 Å². The van der Waals surface area contributed by atoms with Gasteiger partial charge >= 0.3 is 0 Å². The first-order valence-electron chi connectivity index (χ1n) is 12.1. The van der Waals surface area contributed by atoms with Crippen LogP contribution in [0.1, 0.15) is 34.6 Å². The van der Waals surface area contributed by atoms with E-state index in [0.29, 0.717) is 36.7 Å². The Kier molecular flexibility index (Phi) is 4.67. The molecule has 0 unspecified atom stereocenters. The van der Waals surface area contributed by atoms with Crippen molar-refractivity contribution in [1.82, 2.24) is 19.4 Å². The third kappa shape index (κ3) is 3.49. The number of hydrogen-bond acceptors (Lipinski definition) is 4. The first-order chi connectivity index (χ1) is 17.2. The SMILES string of the molecule is O=C(c1cc2sccc2[nH]1)N1CCc2c(cc(-c3cccc4cnccc34)c(=O)n2CC2CC2)C1. The van der Waals surface area contributed by atoms with E-state index < -0.39 is 0 Å². The predicted molar refractivity (Wildman–Crippen MR) is 139 cm³/mol. The third-order valence-corrected chi connectivity index (χ3v) is 8.20. The van der Waals surface area contributed by atoms with E-state index in [0.717, 1.165) is 44.4 Å². The summed E-state index contributed by atoms with van der Waals surface area (Å²) in [5.74, 6) is 0.590. The molecule has 6 nitrogen and oxygen atoms in total. The zero-order valence-corrected chi connectivity index (χ0v) is 20.0. The molecule has 5 heterocycles. The number of nitrogens with zero attached hydrogens (tertiary/aromatic N) is 3. The van der Waals surface area contributed by atoms with E-state index in [-0.39, 0.29) is 11.5 Å². The van der Waals surface area contributed by atoms with Crippen molar-refractivity contribution in [3.63, 3.8) is 0 Å². The molecule has 35 heavy (non-hydrogen) atoms. The summed E-state index contributed by atoms with van der Waals surface area (Å²) < 4.78 is 3.10. The zero-order valence-electron chi connectivity index (χ0n) is 19.2. The monoisotopic (exact) mass is 480 g/mol. The normalized spacial score (nSPS) is 15.6. The molecular weight excluding hydrogens is 456 g/mol.